The molecule has 0 amide bonds. The molecule has 2 aromatic heterocycles. The highest BCUT2D eigenvalue weighted by atomic mass is 16.6. The fourth-order valence-corrected chi connectivity index (χ4v) is 2.48. The summed E-state index contributed by atoms with van der Waals surface area (Å²) in [5.74, 6) is -5.92. The van der Waals surface area contributed by atoms with Gasteiger partial charge in [-0.3, -0.25) is 19.6 Å². The normalized spacial score (nSPS) is 10.5. The molecule has 0 aromatic carbocycles. The van der Waals surface area contributed by atoms with Gasteiger partial charge in [0.15, 0.2) is 11.8 Å². The molecule has 2 rings (SSSR count). The van der Waals surface area contributed by atoms with E-state index in [-0.39, 0.29) is 24.0 Å². The zero-order valence-corrected chi connectivity index (χ0v) is 15.6. The molecule has 2 aromatic rings. The van der Waals surface area contributed by atoms with Gasteiger partial charge in [-0.05, 0) is 12.8 Å². The lowest BCUT2D eigenvalue weighted by Crippen LogP contribution is -2.12. The first kappa shape index (κ1) is 22.3. The first-order chi connectivity index (χ1) is 14.2. The van der Waals surface area contributed by atoms with Gasteiger partial charge < -0.3 is 29.9 Å². The van der Waals surface area contributed by atoms with Crippen molar-refractivity contribution >= 4 is 23.9 Å². The Morgan fingerprint density at radius 2 is 1.03 bits per heavy atom. The third-order valence-corrected chi connectivity index (χ3v) is 3.93. The van der Waals surface area contributed by atoms with Crippen LogP contribution in [-0.2, 0) is 19.1 Å². The Labute approximate surface area is 169 Å². The number of aromatic hydroxyl groups is 4. The molecule has 2 heterocycles. The number of ether oxygens (including phenoxy) is 2. The summed E-state index contributed by atoms with van der Waals surface area (Å²) in [5.41, 5.74) is -0.728. The molecule has 0 aliphatic heterocycles. The predicted molar refractivity (Wildman–Crippen MR) is 96.8 cm³/mol. The highest BCUT2D eigenvalue weighted by molar-refractivity contribution is 5.99. The van der Waals surface area contributed by atoms with Gasteiger partial charge in [-0.25, -0.2) is 9.59 Å². The molecule has 0 bridgehead atoms. The average molecular weight is 424 g/mol. The monoisotopic (exact) mass is 424 g/mol. The van der Waals surface area contributed by atoms with E-state index in [0.717, 1.165) is 12.1 Å². The molecule has 162 valence electrons. The van der Waals surface area contributed by atoms with E-state index in [2.05, 4.69) is 19.4 Å². The lowest BCUT2D eigenvalue weighted by atomic mass is 10.1. The SMILES string of the molecule is O=C(CCCCCCC(=O)OC(=O)c1cc(O)[nH]c1O)OC(=O)c1cc(O)[nH]c1O. The molecule has 0 spiro atoms. The molecular weight excluding hydrogens is 404 g/mol. The lowest BCUT2D eigenvalue weighted by molar-refractivity contribution is -0.139. The van der Waals surface area contributed by atoms with Crippen LogP contribution in [0.1, 0.15) is 59.2 Å². The average Bonchev–Trinajstić information content (AvgIpc) is 3.18. The summed E-state index contributed by atoms with van der Waals surface area (Å²) in [7, 11) is 0. The van der Waals surface area contributed by atoms with E-state index >= 15 is 0 Å². The number of carbonyl (C=O) groups is 4. The topological polar surface area (TPSA) is 199 Å². The van der Waals surface area contributed by atoms with Crippen molar-refractivity contribution in [3.63, 3.8) is 0 Å². The lowest BCUT2D eigenvalue weighted by Gasteiger charge is -2.03. The molecule has 0 atom stereocenters. The van der Waals surface area contributed by atoms with Gasteiger partial charge in [-0.15, -0.1) is 0 Å². The standard InChI is InChI=1S/C18H20N2O10/c21-11-7-9(15(25)19-11)17(27)29-13(23)5-3-1-2-4-6-14(24)30-18(28)10-8-12(22)20-16(10)26/h7-8,19-22,25-26H,1-6H2. The molecule has 0 radical (unpaired) electrons. The molecule has 0 saturated heterocycles. The zero-order chi connectivity index (χ0) is 22.3. The van der Waals surface area contributed by atoms with Crippen LogP contribution in [-0.4, -0.2) is 54.3 Å². The van der Waals surface area contributed by atoms with E-state index in [9.17, 15) is 29.4 Å². The number of nitrogens with one attached hydrogen (secondary N) is 2. The summed E-state index contributed by atoms with van der Waals surface area (Å²) in [5, 5.41) is 36.9. The van der Waals surface area contributed by atoms with E-state index in [1.54, 1.807) is 0 Å². The Morgan fingerprint density at radius 3 is 1.33 bits per heavy atom. The summed E-state index contributed by atoms with van der Waals surface area (Å²) in [4.78, 5) is 50.7. The van der Waals surface area contributed by atoms with Crippen molar-refractivity contribution in [1.82, 2.24) is 9.97 Å². The van der Waals surface area contributed by atoms with Gasteiger partial charge in [-0.1, -0.05) is 12.8 Å². The third-order valence-electron chi connectivity index (χ3n) is 3.93. The second kappa shape index (κ2) is 10.0. The quantitative estimate of drug-likeness (QED) is 0.195. The van der Waals surface area contributed by atoms with Gasteiger partial charge >= 0.3 is 23.9 Å². The fourth-order valence-electron chi connectivity index (χ4n) is 2.48. The number of rotatable bonds is 9. The van der Waals surface area contributed by atoms with Gasteiger partial charge in [0, 0.05) is 25.0 Å². The van der Waals surface area contributed by atoms with Crippen molar-refractivity contribution in [3.05, 3.63) is 23.3 Å². The predicted octanol–water partition coefficient (Wildman–Crippen LogP) is 1.57. The molecule has 0 aliphatic carbocycles. The second-order valence-electron chi connectivity index (χ2n) is 6.27. The van der Waals surface area contributed by atoms with Crippen LogP contribution in [0.4, 0.5) is 0 Å². The minimum atomic E-state index is -1.09. The Kier molecular flexibility index (Phi) is 7.44. The maximum absolute atomic E-state index is 11.7. The van der Waals surface area contributed by atoms with Crippen molar-refractivity contribution in [2.45, 2.75) is 38.5 Å². The third kappa shape index (κ3) is 6.29. The van der Waals surface area contributed by atoms with Crippen LogP contribution in [0.5, 0.6) is 23.5 Å². The van der Waals surface area contributed by atoms with Crippen LogP contribution >= 0.6 is 0 Å². The highest BCUT2D eigenvalue weighted by Crippen LogP contribution is 2.23. The number of H-pyrrole nitrogens is 2. The summed E-state index contributed by atoms with van der Waals surface area (Å²) < 4.78 is 9.10. The van der Waals surface area contributed by atoms with Gasteiger partial charge in [-0.2, -0.15) is 0 Å². The van der Waals surface area contributed by atoms with Gasteiger partial charge in [0.25, 0.3) is 0 Å². The number of esters is 4. The van der Waals surface area contributed by atoms with E-state index in [0.29, 0.717) is 25.7 Å². The Bertz CT molecular complexity index is 867. The molecule has 0 fully saturated rings. The van der Waals surface area contributed by atoms with Crippen molar-refractivity contribution in [1.29, 1.82) is 0 Å². The molecule has 12 nitrogen and oxygen atoms in total. The number of unbranched alkanes of at least 4 members (excludes halogenated alkanes) is 3. The summed E-state index contributed by atoms with van der Waals surface area (Å²) in [6, 6.07) is 1.85. The molecule has 12 heteroatoms. The Morgan fingerprint density at radius 1 is 0.667 bits per heavy atom. The van der Waals surface area contributed by atoms with Gasteiger partial charge in [0.1, 0.15) is 11.1 Å². The van der Waals surface area contributed by atoms with Gasteiger partial charge in [0.05, 0.1) is 0 Å². The first-order valence-electron chi connectivity index (χ1n) is 8.89. The number of hydrogen-bond donors (Lipinski definition) is 6. The summed E-state index contributed by atoms with van der Waals surface area (Å²) in [6.45, 7) is 0. The number of hydrogen-bond acceptors (Lipinski definition) is 10. The summed E-state index contributed by atoms with van der Waals surface area (Å²) in [6.07, 6.45) is 1.69. The van der Waals surface area contributed by atoms with Crippen molar-refractivity contribution in [3.8, 4) is 23.5 Å². The van der Waals surface area contributed by atoms with Crippen molar-refractivity contribution in [2.24, 2.45) is 0 Å². The van der Waals surface area contributed by atoms with E-state index in [1.807, 2.05) is 0 Å². The van der Waals surface area contributed by atoms with Crippen LogP contribution in [0.25, 0.3) is 0 Å². The maximum atomic E-state index is 11.7. The van der Waals surface area contributed by atoms with Gasteiger partial charge in [0.2, 0.25) is 11.8 Å². The number of aromatic nitrogens is 2. The molecule has 0 saturated carbocycles. The Balaban J connectivity index is 1.59. The highest BCUT2D eigenvalue weighted by Gasteiger charge is 2.20. The zero-order valence-electron chi connectivity index (χ0n) is 15.6. The second-order valence-corrected chi connectivity index (χ2v) is 6.27. The molecule has 0 unspecified atom stereocenters. The molecule has 30 heavy (non-hydrogen) atoms. The molecule has 0 aliphatic rings. The van der Waals surface area contributed by atoms with Crippen LogP contribution < -0.4 is 0 Å². The summed E-state index contributed by atoms with van der Waals surface area (Å²) >= 11 is 0. The minimum Gasteiger partial charge on any atom is -0.494 e. The van der Waals surface area contributed by atoms with Crippen LogP contribution in [0.15, 0.2) is 12.1 Å². The maximum Gasteiger partial charge on any atom is 0.351 e. The van der Waals surface area contributed by atoms with E-state index < -0.39 is 47.4 Å². The largest absolute Gasteiger partial charge is 0.494 e. The smallest absolute Gasteiger partial charge is 0.351 e. The van der Waals surface area contributed by atoms with Crippen LogP contribution in [0.3, 0.4) is 0 Å². The van der Waals surface area contributed by atoms with Crippen LogP contribution in [0.2, 0.25) is 0 Å². The first-order valence-corrected chi connectivity index (χ1v) is 8.89. The number of aromatic amines is 2. The fraction of sp³-hybridized carbons (Fsp3) is 0.333. The molecular formula is C18H20N2O10. The number of carbonyl (C=O) groups excluding carboxylic acids is 4. The van der Waals surface area contributed by atoms with Crippen LogP contribution in [0, 0.1) is 0 Å². The van der Waals surface area contributed by atoms with Crippen molar-refractivity contribution in [2.75, 3.05) is 0 Å². The van der Waals surface area contributed by atoms with E-state index in [4.69, 9.17) is 10.2 Å². The van der Waals surface area contributed by atoms with E-state index in [1.165, 1.54) is 0 Å². The minimum absolute atomic E-state index is 0.0674. The Hall–Kier alpha value is -3.96. The van der Waals surface area contributed by atoms with Crippen molar-refractivity contribution < 1.29 is 49.1 Å². The molecule has 6 N–H and O–H groups in total.